The highest BCUT2D eigenvalue weighted by Crippen LogP contribution is 2.27. The average Bonchev–Trinajstić information content (AvgIpc) is 2.42. The van der Waals surface area contributed by atoms with Crippen LogP contribution in [0.3, 0.4) is 0 Å². The first-order valence-corrected chi connectivity index (χ1v) is 7.32. The Morgan fingerprint density at radius 2 is 1.76 bits per heavy atom. The fraction of sp³-hybridized carbons (Fsp3) is 0.294. The topological polar surface area (TPSA) is 12.0 Å². The minimum Gasteiger partial charge on any atom is -0.310 e. The van der Waals surface area contributed by atoms with E-state index in [0.29, 0.717) is 11.4 Å². The van der Waals surface area contributed by atoms with E-state index in [9.17, 15) is 8.78 Å². The predicted molar refractivity (Wildman–Crippen MR) is 82.7 cm³/mol. The van der Waals surface area contributed by atoms with Gasteiger partial charge in [0.1, 0.15) is 11.6 Å². The lowest BCUT2D eigenvalue weighted by atomic mass is 9.96. The quantitative estimate of drug-likeness (QED) is 0.835. The maximum atomic E-state index is 13.4. The van der Waals surface area contributed by atoms with Crippen molar-refractivity contribution in [1.29, 1.82) is 0 Å². The Bertz CT molecular complexity index is 628. The van der Waals surface area contributed by atoms with Gasteiger partial charge in [-0.2, -0.15) is 0 Å². The van der Waals surface area contributed by atoms with Crippen molar-refractivity contribution in [1.82, 2.24) is 5.32 Å². The van der Waals surface area contributed by atoms with E-state index in [1.165, 1.54) is 24.3 Å². The zero-order valence-electron chi connectivity index (χ0n) is 12.1. The second-order valence-corrected chi connectivity index (χ2v) is 5.46. The van der Waals surface area contributed by atoms with Gasteiger partial charge in [-0.05, 0) is 60.8 Å². The number of rotatable bonds is 5. The summed E-state index contributed by atoms with van der Waals surface area (Å²) < 4.78 is 26.6. The molecule has 2 aromatic rings. The molecule has 0 bridgehead atoms. The number of halogens is 3. The first-order chi connectivity index (χ1) is 10.0. The van der Waals surface area contributed by atoms with Crippen LogP contribution in [0.15, 0.2) is 36.4 Å². The first-order valence-electron chi connectivity index (χ1n) is 6.94. The van der Waals surface area contributed by atoms with Crippen LogP contribution in [0.1, 0.15) is 29.7 Å². The Hall–Kier alpha value is -1.45. The van der Waals surface area contributed by atoms with E-state index in [-0.39, 0.29) is 17.7 Å². The molecule has 0 amide bonds. The van der Waals surface area contributed by atoms with E-state index in [2.05, 4.69) is 5.32 Å². The van der Waals surface area contributed by atoms with Gasteiger partial charge in [0, 0.05) is 11.1 Å². The van der Waals surface area contributed by atoms with Gasteiger partial charge < -0.3 is 5.32 Å². The van der Waals surface area contributed by atoms with E-state index < -0.39 is 0 Å². The van der Waals surface area contributed by atoms with Crippen molar-refractivity contribution in [2.45, 2.75) is 26.3 Å². The molecule has 2 aromatic carbocycles. The van der Waals surface area contributed by atoms with Crippen molar-refractivity contribution in [2.24, 2.45) is 0 Å². The normalized spacial score (nSPS) is 12.4. The van der Waals surface area contributed by atoms with Crippen LogP contribution in [0.25, 0.3) is 0 Å². The predicted octanol–water partition coefficient (Wildman–Crippen LogP) is 4.82. The Morgan fingerprint density at radius 1 is 1.10 bits per heavy atom. The van der Waals surface area contributed by atoms with Gasteiger partial charge in [-0.15, -0.1) is 0 Å². The standard InChI is InChI=1S/C17H18ClF2N/c1-3-21-17(15-7-6-14(20)10-16(15)18)9-12-8-13(19)5-4-11(12)2/h4-8,10,17,21H,3,9H2,1-2H3. The zero-order chi connectivity index (χ0) is 15.4. The largest absolute Gasteiger partial charge is 0.310 e. The van der Waals surface area contributed by atoms with Gasteiger partial charge in [-0.3, -0.25) is 0 Å². The molecule has 0 heterocycles. The fourth-order valence-electron chi connectivity index (χ4n) is 2.40. The molecule has 112 valence electrons. The maximum absolute atomic E-state index is 13.4. The van der Waals surface area contributed by atoms with Gasteiger partial charge in [0.2, 0.25) is 0 Å². The summed E-state index contributed by atoms with van der Waals surface area (Å²) in [6.07, 6.45) is 0.600. The summed E-state index contributed by atoms with van der Waals surface area (Å²) in [4.78, 5) is 0. The monoisotopic (exact) mass is 309 g/mol. The van der Waals surface area contributed by atoms with Crippen molar-refractivity contribution < 1.29 is 8.78 Å². The second-order valence-electron chi connectivity index (χ2n) is 5.05. The molecule has 1 nitrogen and oxygen atoms in total. The molecular formula is C17H18ClF2N. The minimum atomic E-state index is -0.360. The minimum absolute atomic E-state index is 0.0800. The van der Waals surface area contributed by atoms with Crippen molar-refractivity contribution in [2.75, 3.05) is 6.54 Å². The summed E-state index contributed by atoms with van der Waals surface area (Å²) in [7, 11) is 0. The highest BCUT2D eigenvalue weighted by atomic mass is 35.5. The van der Waals surface area contributed by atoms with E-state index in [0.717, 1.165) is 23.2 Å². The number of nitrogens with one attached hydrogen (secondary N) is 1. The molecule has 0 aliphatic carbocycles. The number of benzene rings is 2. The van der Waals surface area contributed by atoms with Crippen LogP contribution in [-0.4, -0.2) is 6.54 Å². The smallest absolute Gasteiger partial charge is 0.124 e. The van der Waals surface area contributed by atoms with Gasteiger partial charge in [0.15, 0.2) is 0 Å². The van der Waals surface area contributed by atoms with E-state index >= 15 is 0 Å². The maximum Gasteiger partial charge on any atom is 0.124 e. The highest BCUT2D eigenvalue weighted by molar-refractivity contribution is 6.31. The molecule has 0 saturated carbocycles. The summed E-state index contributed by atoms with van der Waals surface area (Å²) in [5.41, 5.74) is 2.77. The summed E-state index contributed by atoms with van der Waals surface area (Å²) in [5.74, 6) is -0.614. The highest BCUT2D eigenvalue weighted by Gasteiger charge is 2.16. The molecular weight excluding hydrogens is 292 g/mol. The lowest BCUT2D eigenvalue weighted by Crippen LogP contribution is -2.23. The molecule has 0 aromatic heterocycles. The van der Waals surface area contributed by atoms with Gasteiger partial charge in [0.25, 0.3) is 0 Å². The molecule has 0 aliphatic rings. The molecule has 4 heteroatoms. The summed E-state index contributed by atoms with van der Waals surface area (Å²) in [6, 6.07) is 9.05. The zero-order valence-corrected chi connectivity index (χ0v) is 12.8. The average molecular weight is 310 g/mol. The summed E-state index contributed by atoms with van der Waals surface area (Å²) >= 11 is 6.14. The van der Waals surface area contributed by atoms with Crippen molar-refractivity contribution in [3.05, 3.63) is 69.7 Å². The Labute approximate surface area is 128 Å². The summed E-state index contributed by atoms with van der Waals surface area (Å²) in [6.45, 7) is 4.68. The van der Waals surface area contributed by atoms with Crippen molar-refractivity contribution >= 4 is 11.6 Å². The van der Waals surface area contributed by atoms with E-state index in [1.54, 1.807) is 12.1 Å². The SMILES string of the molecule is CCNC(Cc1cc(F)ccc1C)c1ccc(F)cc1Cl. The molecule has 0 saturated heterocycles. The number of hydrogen-bond acceptors (Lipinski definition) is 1. The third-order valence-electron chi connectivity index (χ3n) is 3.52. The van der Waals surface area contributed by atoms with Crippen LogP contribution >= 0.6 is 11.6 Å². The molecule has 0 radical (unpaired) electrons. The first kappa shape index (κ1) is 15.9. The van der Waals surface area contributed by atoms with Gasteiger partial charge in [0.05, 0.1) is 0 Å². The van der Waals surface area contributed by atoms with Crippen LogP contribution in [0.4, 0.5) is 8.78 Å². The van der Waals surface area contributed by atoms with E-state index in [1.807, 2.05) is 13.8 Å². The van der Waals surface area contributed by atoms with E-state index in [4.69, 9.17) is 11.6 Å². The number of aryl methyl sites for hydroxylation is 1. The Kier molecular flexibility index (Phi) is 5.32. The Balaban J connectivity index is 2.32. The van der Waals surface area contributed by atoms with Gasteiger partial charge >= 0.3 is 0 Å². The van der Waals surface area contributed by atoms with Crippen LogP contribution in [0.5, 0.6) is 0 Å². The third kappa shape index (κ3) is 4.02. The van der Waals surface area contributed by atoms with Crippen LogP contribution in [0.2, 0.25) is 5.02 Å². The molecule has 2 rings (SSSR count). The molecule has 0 aliphatic heterocycles. The lowest BCUT2D eigenvalue weighted by molar-refractivity contribution is 0.543. The third-order valence-corrected chi connectivity index (χ3v) is 3.85. The molecule has 1 atom stereocenters. The molecule has 1 N–H and O–H groups in total. The summed E-state index contributed by atoms with van der Waals surface area (Å²) in [5, 5.41) is 3.71. The molecule has 0 spiro atoms. The van der Waals surface area contributed by atoms with Gasteiger partial charge in [-0.1, -0.05) is 30.7 Å². The molecule has 1 unspecified atom stereocenters. The van der Waals surface area contributed by atoms with Crippen LogP contribution in [-0.2, 0) is 6.42 Å². The second kappa shape index (κ2) is 7.01. The Morgan fingerprint density at radius 3 is 2.43 bits per heavy atom. The number of likely N-dealkylation sites (N-methyl/N-ethyl adjacent to an activating group) is 1. The van der Waals surface area contributed by atoms with Crippen LogP contribution in [0, 0.1) is 18.6 Å². The van der Waals surface area contributed by atoms with Gasteiger partial charge in [-0.25, -0.2) is 8.78 Å². The molecule has 21 heavy (non-hydrogen) atoms. The van der Waals surface area contributed by atoms with Crippen molar-refractivity contribution in [3.8, 4) is 0 Å². The lowest BCUT2D eigenvalue weighted by Gasteiger charge is -2.21. The van der Waals surface area contributed by atoms with Crippen LogP contribution < -0.4 is 5.32 Å². The molecule has 0 fully saturated rings. The van der Waals surface area contributed by atoms with Crippen molar-refractivity contribution in [3.63, 3.8) is 0 Å². The number of hydrogen-bond donors (Lipinski definition) is 1. The fourth-order valence-corrected chi connectivity index (χ4v) is 2.70.